The SMILES string of the molecule is c1ccc2c(c1)sc1c(-c3cccc4c(-c5cccc6c(-c7cccc8c(-c9cccc%10c(-c%11cnc%12c%13ccccc%13c%13ccccc%13c%12n%11)cccc9%10)cccc78)cccc56)cccc34)cccc12. The van der Waals surface area contributed by atoms with Crippen LogP contribution in [0.5, 0.6) is 0 Å². The Morgan fingerprint density at radius 1 is 0.225 bits per heavy atom. The first-order valence-electron chi connectivity index (χ1n) is 24.3. The predicted molar refractivity (Wildman–Crippen MR) is 305 cm³/mol. The average molecular weight is 917 g/mol. The van der Waals surface area contributed by atoms with Crippen LogP contribution >= 0.6 is 11.3 Å². The van der Waals surface area contributed by atoms with Gasteiger partial charge in [-0.1, -0.05) is 231 Å². The van der Waals surface area contributed by atoms with Crippen molar-refractivity contribution in [2.75, 3.05) is 0 Å². The van der Waals surface area contributed by atoms with Gasteiger partial charge in [0, 0.05) is 42.1 Å². The Balaban J connectivity index is 0.854. The summed E-state index contributed by atoms with van der Waals surface area (Å²) >= 11 is 1.89. The summed E-state index contributed by atoms with van der Waals surface area (Å²) in [7, 11) is 0. The lowest BCUT2D eigenvalue weighted by molar-refractivity contribution is 1.31. The maximum absolute atomic E-state index is 5.41. The summed E-state index contributed by atoms with van der Waals surface area (Å²) in [5.41, 5.74) is 13.6. The minimum atomic E-state index is 0.866. The number of nitrogens with zero attached hydrogens (tertiary/aromatic N) is 2. The number of aromatic nitrogens is 2. The van der Waals surface area contributed by atoms with Crippen LogP contribution in [0.4, 0.5) is 0 Å². The van der Waals surface area contributed by atoms with Gasteiger partial charge in [0.15, 0.2) is 0 Å². The highest BCUT2D eigenvalue weighted by Gasteiger charge is 2.19. The van der Waals surface area contributed by atoms with E-state index in [-0.39, 0.29) is 0 Å². The summed E-state index contributed by atoms with van der Waals surface area (Å²) < 4.78 is 2.66. The predicted octanol–water partition coefficient (Wildman–Crippen LogP) is 19.3. The van der Waals surface area contributed by atoms with Crippen LogP contribution in [0.25, 0.3) is 152 Å². The lowest BCUT2D eigenvalue weighted by Crippen LogP contribution is -1.93. The van der Waals surface area contributed by atoms with Gasteiger partial charge < -0.3 is 0 Å². The molecule has 0 saturated carbocycles. The molecule has 15 rings (SSSR count). The van der Waals surface area contributed by atoms with Crippen LogP contribution in [0.2, 0.25) is 0 Å². The molecule has 328 valence electrons. The van der Waals surface area contributed by atoms with Gasteiger partial charge in [-0.05, 0) is 98.9 Å². The Bertz CT molecular complexity index is 4680. The van der Waals surface area contributed by atoms with Gasteiger partial charge in [0.1, 0.15) is 0 Å². The Morgan fingerprint density at radius 3 is 0.986 bits per heavy atom. The van der Waals surface area contributed by atoms with Crippen molar-refractivity contribution in [2.24, 2.45) is 0 Å². The van der Waals surface area contributed by atoms with Crippen molar-refractivity contribution >= 4 is 107 Å². The Labute approximate surface area is 413 Å². The van der Waals surface area contributed by atoms with Crippen molar-refractivity contribution < 1.29 is 0 Å². The summed E-state index contributed by atoms with van der Waals surface area (Å²) in [5.74, 6) is 0. The summed E-state index contributed by atoms with van der Waals surface area (Å²) in [5, 5.41) is 17.0. The van der Waals surface area contributed by atoms with Crippen LogP contribution in [-0.4, -0.2) is 9.97 Å². The molecule has 2 nitrogen and oxygen atoms in total. The first kappa shape index (κ1) is 39.9. The topological polar surface area (TPSA) is 25.8 Å². The normalized spacial score (nSPS) is 11.9. The molecule has 2 aromatic heterocycles. The molecular weight excluding hydrogens is 877 g/mol. The van der Waals surface area contributed by atoms with Crippen molar-refractivity contribution in [3.63, 3.8) is 0 Å². The van der Waals surface area contributed by atoms with E-state index in [0.29, 0.717) is 0 Å². The summed E-state index contributed by atoms with van der Waals surface area (Å²) in [6.07, 6.45) is 1.95. The second kappa shape index (κ2) is 15.8. The third kappa shape index (κ3) is 6.07. The molecule has 71 heavy (non-hydrogen) atoms. The zero-order valence-corrected chi connectivity index (χ0v) is 39.2. The minimum absolute atomic E-state index is 0.866. The van der Waals surface area contributed by atoms with Crippen molar-refractivity contribution in [2.45, 2.75) is 0 Å². The highest BCUT2D eigenvalue weighted by atomic mass is 32.1. The van der Waals surface area contributed by atoms with Gasteiger partial charge in [-0.25, -0.2) is 4.98 Å². The van der Waals surface area contributed by atoms with E-state index in [1.807, 2.05) is 17.5 Å². The van der Waals surface area contributed by atoms with Gasteiger partial charge in [0.2, 0.25) is 0 Å². The smallest absolute Gasteiger partial charge is 0.0979 e. The van der Waals surface area contributed by atoms with E-state index in [0.717, 1.165) is 38.4 Å². The van der Waals surface area contributed by atoms with Crippen LogP contribution in [0.3, 0.4) is 0 Å². The second-order valence-electron chi connectivity index (χ2n) is 18.6. The van der Waals surface area contributed by atoms with Crippen LogP contribution < -0.4 is 0 Å². The zero-order chi connectivity index (χ0) is 46.6. The molecule has 0 atom stereocenters. The maximum atomic E-state index is 5.41. The van der Waals surface area contributed by atoms with E-state index < -0.39 is 0 Å². The number of hydrogen-bond acceptors (Lipinski definition) is 3. The molecule has 0 unspecified atom stereocenters. The molecule has 0 aliphatic carbocycles. The second-order valence-corrected chi connectivity index (χ2v) is 19.7. The number of benzene rings is 13. The maximum Gasteiger partial charge on any atom is 0.0979 e. The molecule has 0 aliphatic rings. The molecule has 0 saturated heterocycles. The molecule has 0 fully saturated rings. The van der Waals surface area contributed by atoms with Gasteiger partial charge in [-0.3, -0.25) is 4.98 Å². The fourth-order valence-corrected chi connectivity index (χ4v) is 13.0. The molecule has 0 bridgehead atoms. The molecular formula is C68H40N2S. The van der Waals surface area contributed by atoms with E-state index in [4.69, 9.17) is 9.97 Å². The zero-order valence-electron chi connectivity index (χ0n) is 38.4. The lowest BCUT2D eigenvalue weighted by Gasteiger charge is -2.17. The minimum Gasteiger partial charge on any atom is -0.252 e. The summed E-state index contributed by atoms with van der Waals surface area (Å²) in [6.45, 7) is 0. The molecule has 15 aromatic rings. The van der Waals surface area contributed by atoms with Gasteiger partial charge >= 0.3 is 0 Å². The highest BCUT2D eigenvalue weighted by Crippen LogP contribution is 2.46. The largest absolute Gasteiger partial charge is 0.252 e. The summed E-state index contributed by atoms with van der Waals surface area (Å²) in [6, 6.07) is 86.8. The van der Waals surface area contributed by atoms with Gasteiger partial charge in [0.05, 0.1) is 22.9 Å². The molecule has 2 heterocycles. The number of rotatable bonds is 5. The molecule has 3 heteroatoms. The van der Waals surface area contributed by atoms with E-state index in [2.05, 4.69) is 237 Å². The van der Waals surface area contributed by atoms with Crippen LogP contribution in [0.15, 0.2) is 243 Å². The Morgan fingerprint density at radius 2 is 0.535 bits per heavy atom. The molecule has 0 aliphatic heterocycles. The molecule has 0 spiro atoms. The Hall–Kier alpha value is -9.02. The number of thiophene rings is 1. The quantitative estimate of drug-likeness (QED) is 0.161. The van der Waals surface area contributed by atoms with Crippen molar-refractivity contribution in [1.82, 2.24) is 9.97 Å². The standard InChI is InChI=1S/C68H40N2S/c1-3-19-60-55(16-1)56-17-2-4-20-61(56)67-66(60)69-40-64(70-67)58-36-14-33-52-50(30-12-34-54(52)58)48-28-10-25-44-42(22-8-26-46(44)48)41-21-7-24-45-43(41)23-9-27-47(45)49-29-11-32-53-51(49)31-13-35-57(53)62-37-15-38-63-59-18-5-6-39-65(59)71-68(62)63/h1-40H. The number of fused-ring (bicyclic) bond motifs is 13. The van der Waals surface area contributed by atoms with Crippen LogP contribution in [0.1, 0.15) is 0 Å². The first-order chi connectivity index (χ1) is 35.2. The lowest BCUT2D eigenvalue weighted by atomic mass is 9.87. The molecule has 13 aromatic carbocycles. The van der Waals surface area contributed by atoms with Gasteiger partial charge in [-0.15, -0.1) is 11.3 Å². The third-order valence-corrected chi connectivity index (χ3v) is 16.2. The van der Waals surface area contributed by atoms with Crippen molar-refractivity contribution in [1.29, 1.82) is 0 Å². The summed E-state index contributed by atoms with van der Waals surface area (Å²) in [4.78, 5) is 10.5. The van der Waals surface area contributed by atoms with Gasteiger partial charge in [-0.2, -0.15) is 0 Å². The monoisotopic (exact) mass is 916 g/mol. The van der Waals surface area contributed by atoms with Crippen LogP contribution in [-0.2, 0) is 0 Å². The Kier molecular flexibility index (Phi) is 8.86. The fraction of sp³-hybridized carbons (Fsp3) is 0. The highest BCUT2D eigenvalue weighted by molar-refractivity contribution is 7.26. The fourth-order valence-electron chi connectivity index (χ4n) is 11.8. The molecule has 0 N–H and O–H groups in total. The van der Waals surface area contributed by atoms with Crippen LogP contribution in [0, 0.1) is 0 Å². The third-order valence-electron chi connectivity index (χ3n) is 15.0. The van der Waals surface area contributed by atoms with Crippen molar-refractivity contribution in [3.8, 4) is 55.8 Å². The van der Waals surface area contributed by atoms with E-state index in [9.17, 15) is 0 Å². The van der Waals surface area contributed by atoms with E-state index in [1.165, 1.54) is 113 Å². The van der Waals surface area contributed by atoms with Gasteiger partial charge in [0.25, 0.3) is 0 Å². The van der Waals surface area contributed by atoms with Crippen molar-refractivity contribution in [3.05, 3.63) is 243 Å². The van der Waals surface area contributed by atoms with E-state index >= 15 is 0 Å². The average Bonchev–Trinajstić information content (AvgIpc) is 3.83. The van der Waals surface area contributed by atoms with E-state index in [1.54, 1.807) is 0 Å². The first-order valence-corrected chi connectivity index (χ1v) is 25.1. The molecule has 0 amide bonds. The number of hydrogen-bond donors (Lipinski definition) is 0. The molecule has 0 radical (unpaired) electrons.